The summed E-state index contributed by atoms with van der Waals surface area (Å²) >= 11 is 6.22. The topological polar surface area (TPSA) is 60.5 Å². The molecular formula is C17H17ClN2O3. The van der Waals surface area contributed by atoms with Crippen LogP contribution in [0.2, 0.25) is 5.02 Å². The molecule has 2 aromatic rings. The average molecular weight is 333 g/mol. The summed E-state index contributed by atoms with van der Waals surface area (Å²) in [4.78, 5) is 16.1. The number of carbonyl (C=O) groups is 1. The van der Waals surface area contributed by atoms with Crippen molar-refractivity contribution in [2.45, 2.75) is 19.3 Å². The number of aryl methyl sites for hydroxylation is 1. The zero-order chi connectivity index (χ0) is 16.1. The summed E-state index contributed by atoms with van der Waals surface area (Å²) in [5.41, 5.74) is 1.56. The van der Waals surface area contributed by atoms with Crippen LogP contribution >= 0.6 is 11.6 Å². The van der Waals surface area contributed by atoms with E-state index in [0.717, 1.165) is 12.0 Å². The van der Waals surface area contributed by atoms with Gasteiger partial charge in [-0.25, -0.2) is 0 Å². The van der Waals surface area contributed by atoms with E-state index in [1.165, 1.54) is 0 Å². The molecule has 0 saturated heterocycles. The van der Waals surface area contributed by atoms with E-state index in [0.29, 0.717) is 48.3 Å². The fourth-order valence-corrected chi connectivity index (χ4v) is 2.50. The Labute approximate surface area is 139 Å². The molecule has 23 heavy (non-hydrogen) atoms. The molecule has 6 heteroatoms. The normalized spacial score (nSPS) is 13.3. The molecular weight excluding hydrogens is 316 g/mol. The molecule has 2 heterocycles. The highest BCUT2D eigenvalue weighted by Gasteiger charge is 2.15. The van der Waals surface area contributed by atoms with Gasteiger partial charge in [0, 0.05) is 37.4 Å². The molecule has 1 aromatic heterocycles. The number of carbonyl (C=O) groups excluding carboxylic acids is 1. The fourth-order valence-electron chi connectivity index (χ4n) is 2.30. The van der Waals surface area contributed by atoms with E-state index in [1.807, 2.05) is 12.1 Å². The maximum atomic E-state index is 12.1. The molecule has 1 amide bonds. The molecule has 1 aromatic carbocycles. The highest BCUT2D eigenvalue weighted by Crippen LogP contribution is 2.37. The zero-order valence-electron chi connectivity index (χ0n) is 12.5. The van der Waals surface area contributed by atoms with Crippen LogP contribution in [0.25, 0.3) is 0 Å². The lowest BCUT2D eigenvalue weighted by molar-refractivity contribution is -0.116. The second-order valence-corrected chi connectivity index (χ2v) is 5.65. The summed E-state index contributed by atoms with van der Waals surface area (Å²) in [6.45, 7) is 1.18. The van der Waals surface area contributed by atoms with Crippen LogP contribution in [0.4, 0.5) is 5.69 Å². The van der Waals surface area contributed by atoms with Crippen molar-refractivity contribution < 1.29 is 14.3 Å². The van der Waals surface area contributed by atoms with Gasteiger partial charge in [0.1, 0.15) is 0 Å². The van der Waals surface area contributed by atoms with E-state index in [2.05, 4.69) is 10.3 Å². The molecule has 0 fully saturated rings. The van der Waals surface area contributed by atoms with E-state index in [4.69, 9.17) is 21.1 Å². The van der Waals surface area contributed by atoms with E-state index in [-0.39, 0.29) is 5.91 Å². The van der Waals surface area contributed by atoms with Gasteiger partial charge in [0.25, 0.3) is 0 Å². The minimum atomic E-state index is -0.106. The van der Waals surface area contributed by atoms with Crippen LogP contribution in [-0.2, 0) is 11.2 Å². The first-order valence-electron chi connectivity index (χ1n) is 7.50. The summed E-state index contributed by atoms with van der Waals surface area (Å²) < 4.78 is 11.2. The standard InChI is InChI=1S/C17H17ClN2O3/c18-13-9-15-16(23-8-2-7-22-15)10-14(13)20-17(21)5-4-12-3-1-6-19-11-12/h1,3,6,9-11H,2,4-5,7-8H2,(H,20,21). The van der Waals surface area contributed by atoms with Gasteiger partial charge in [-0.3, -0.25) is 9.78 Å². The lowest BCUT2D eigenvalue weighted by Gasteiger charge is -2.12. The van der Waals surface area contributed by atoms with Gasteiger partial charge in [-0.2, -0.15) is 0 Å². The minimum absolute atomic E-state index is 0.106. The summed E-state index contributed by atoms with van der Waals surface area (Å²) in [6, 6.07) is 7.19. The molecule has 5 nitrogen and oxygen atoms in total. The number of nitrogens with one attached hydrogen (secondary N) is 1. The molecule has 1 N–H and O–H groups in total. The average Bonchev–Trinajstić information content (AvgIpc) is 2.79. The number of hydrogen-bond acceptors (Lipinski definition) is 4. The van der Waals surface area contributed by atoms with Crippen molar-refractivity contribution in [3.8, 4) is 11.5 Å². The van der Waals surface area contributed by atoms with Crippen molar-refractivity contribution >= 4 is 23.2 Å². The van der Waals surface area contributed by atoms with Crippen LogP contribution in [0.15, 0.2) is 36.7 Å². The predicted molar refractivity (Wildman–Crippen MR) is 88.2 cm³/mol. The number of fused-ring (bicyclic) bond motifs is 1. The second kappa shape index (κ2) is 7.33. The number of ether oxygens (including phenoxy) is 2. The number of rotatable bonds is 4. The van der Waals surface area contributed by atoms with Crippen molar-refractivity contribution in [2.75, 3.05) is 18.5 Å². The second-order valence-electron chi connectivity index (χ2n) is 5.24. The van der Waals surface area contributed by atoms with Gasteiger partial charge in [-0.1, -0.05) is 17.7 Å². The third-order valence-corrected chi connectivity index (χ3v) is 3.79. The Morgan fingerprint density at radius 2 is 2.04 bits per heavy atom. The summed E-state index contributed by atoms with van der Waals surface area (Å²) in [5.74, 6) is 1.11. The molecule has 0 spiro atoms. The van der Waals surface area contributed by atoms with Gasteiger partial charge in [0.05, 0.1) is 23.9 Å². The first kappa shape index (κ1) is 15.6. The molecule has 0 saturated carbocycles. The molecule has 1 aliphatic rings. The Bertz CT molecular complexity index is 692. The van der Waals surface area contributed by atoms with E-state index < -0.39 is 0 Å². The molecule has 0 bridgehead atoms. The third kappa shape index (κ3) is 4.13. The van der Waals surface area contributed by atoms with Gasteiger partial charge >= 0.3 is 0 Å². The predicted octanol–water partition coefficient (Wildman–Crippen LogP) is 3.47. The highest BCUT2D eigenvalue weighted by atomic mass is 35.5. The van der Waals surface area contributed by atoms with Crippen molar-refractivity contribution in [3.05, 3.63) is 47.2 Å². The monoisotopic (exact) mass is 332 g/mol. The first-order valence-corrected chi connectivity index (χ1v) is 7.88. The van der Waals surface area contributed by atoms with Crippen LogP contribution in [-0.4, -0.2) is 24.1 Å². The van der Waals surface area contributed by atoms with Crippen LogP contribution in [0.1, 0.15) is 18.4 Å². The number of anilines is 1. The molecule has 120 valence electrons. The van der Waals surface area contributed by atoms with E-state index in [9.17, 15) is 4.79 Å². The lowest BCUT2D eigenvalue weighted by Crippen LogP contribution is -2.13. The molecule has 1 aliphatic heterocycles. The van der Waals surface area contributed by atoms with Crippen LogP contribution < -0.4 is 14.8 Å². The minimum Gasteiger partial charge on any atom is -0.490 e. The Kier molecular flexibility index (Phi) is 4.98. The van der Waals surface area contributed by atoms with Gasteiger partial charge < -0.3 is 14.8 Å². The van der Waals surface area contributed by atoms with Crippen molar-refractivity contribution in [2.24, 2.45) is 0 Å². The molecule has 0 unspecified atom stereocenters. The Morgan fingerprint density at radius 3 is 2.78 bits per heavy atom. The number of benzene rings is 1. The molecule has 3 rings (SSSR count). The number of pyridine rings is 1. The fraction of sp³-hybridized carbons (Fsp3) is 0.294. The van der Waals surface area contributed by atoms with Crippen molar-refractivity contribution in [3.63, 3.8) is 0 Å². The quantitative estimate of drug-likeness (QED) is 0.931. The largest absolute Gasteiger partial charge is 0.490 e. The first-order chi connectivity index (χ1) is 11.2. The van der Waals surface area contributed by atoms with Gasteiger partial charge in [-0.15, -0.1) is 0 Å². The highest BCUT2D eigenvalue weighted by molar-refractivity contribution is 6.34. The lowest BCUT2D eigenvalue weighted by atomic mass is 10.1. The molecule has 0 atom stereocenters. The third-order valence-electron chi connectivity index (χ3n) is 3.47. The van der Waals surface area contributed by atoms with E-state index >= 15 is 0 Å². The number of aromatic nitrogens is 1. The molecule has 0 aliphatic carbocycles. The van der Waals surface area contributed by atoms with Gasteiger partial charge in [-0.05, 0) is 18.1 Å². The number of amides is 1. The Balaban J connectivity index is 1.65. The maximum absolute atomic E-state index is 12.1. The smallest absolute Gasteiger partial charge is 0.224 e. The zero-order valence-corrected chi connectivity index (χ0v) is 13.3. The van der Waals surface area contributed by atoms with Gasteiger partial charge in [0.2, 0.25) is 5.91 Å². The SMILES string of the molecule is O=C(CCc1cccnc1)Nc1cc2c(cc1Cl)OCCCO2. The number of hydrogen-bond donors (Lipinski definition) is 1. The van der Waals surface area contributed by atoms with Crippen LogP contribution in [0.5, 0.6) is 11.5 Å². The van der Waals surface area contributed by atoms with Gasteiger partial charge in [0.15, 0.2) is 11.5 Å². The maximum Gasteiger partial charge on any atom is 0.224 e. The summed E-state index contributed by atoms with van der Waals surface area (Å²) in [6.07, 6.45) is 5.27. The Hall–Kier alpha value is -2.27. The van der Waals surface area contributed by atoms with Crippen LogP contribution in [0, 0.1) is 0 Å². The van der Waals surface area contributed by atoms with Crippen LogP contribution in [0.3, 0.4) is 0 Å². The number of halogens is 1. The number of nitrogens with zero attached hydrogens (tertiary/aromatic N) is 1. The summed E-state index contributed by atoms with van der Waals surface area (Å²) in [5, 5.41) is 3.26. The Morgan fingerprint density at radius 1 is 1.26 bits per heavy atom. The van der Waals surface area contributed by atoms with Crippen molar-refractivity contribution in [1.82, 2.24) is 4.98 Å². The van der Waals surface area contributed by atoms with E-state index in [1.54, 1.807) is 24.5 Å². The molecule has 0 radical (unpaired) electrons. The summed E-state index contributed by atoms with van der Waals surface area (Å²) in [7, 11) is 0. The van der Waals surface area contributed by atoms with Crippen molar-refractivity contribution in [1.29, 1.82) is 0 Å².